The number of sulfonamides is 1. The summed E-state index contributed by atoms with van der Waals surface area (Å²) in [6.45, 7) is 10.8. The molecule has 6 heteroatoms. The molecule has 1 fully saturated rings. The van der Waals surface area contributed by atoms with Crippen molar-refractivity contribution in [1.82, 2.24) is 4.31 Å². The molecule has 1 saturated heterocycles. The van der Waals surface area contributed by atoms with Crippen LogP contribution in [0.1, 0.15) is 31.9 Å². The lowest BCUT2D eigenvalue weighted by Gasteiger charge is -2.34. The molecule has 1 aromatic carbocycles. The summed E-state index contributed by atoms with van der Waals surface area (Å²) in [5.41, 5.74) is 1.62. The van der Waals surface area contributed by atoms with E-state index in [2.05, 4.69) is 0 Å². The molecular weight excluding hydrogens is 302 g/mol. The highest BCUT2D eigenvalue weighted by Gasteiger charge is 2.33. The average molecular weight is 327 g/mol. The Morgan fingerprint density at radius 1 is 1.18 bits per heavy atom. The van der Waals surface area contributed by atoms with Crippen molar-refractivity contribution in [2.45, 2.75) is 51.7 Å². The van der Waals surface area contributed by atoms with Crippen LogP contribution in [0.5, 0.6) is 5.75 Å². The highest BCUT2D eigenvalue weighted by Crippen LogP contribution is 2.30. The van der Waals surface area contributed by atoms with Crippen molar-refractivity contribution in [2.24, 2.45) is 0 Å². The van der Waals surface area contributed by atoms with E-state index < -0.39 is 10.0 Å². The van der Waals surface area contributed by atoms with Gasteiger partial charge in [0.1, 0.15) is 5.75 Å². The molecule has 0 spiro atoms. The second-order valence-electron chi connectivity index (χ2n) is 5.82. The lowest BCUT2D eigenvalue weighted by atomic mass is 10.1. The predicted octanol–water partition coefficient (Wildman–Crippen LogP) is 2.50. The molecule has 1 heterocycles. The van der Waals surface area contributed by atoms with Gasteiger partial charge in [-0.2, -0.15) is 4.31 Å². The molecule has 0 aliphatic carbocycles. The van der Waals surface area contributed by atoms with Gasteiger partial charge in [-0.3, -0.25) is 0 Å². The van der Waals surface area contributed by atoms with Crippen LogP contribution in [-0.2, 0) is 14.8 Å². The maximum absolute atomic E-state index is 13.0. The highest BCUT2D eigenvalue weighted by atomic mass is 32.2. The molecule has 0 radical (unpaired) electrons. The van der Waals surface area contributed by atoms with Gasteiger partial charge >= 0.3 is 0 Å². The first kappa shape index (κ1) is 17.2. The van der Waals surface area contributed by atoms with E-state index in [1.165, 1.54) is 4.31 Å². The summed E-state index contributed by atoms with van der Waals surface area (Å²) in [5.74, 6) is 0.739. The number of hydrogen-bond donors (Lipinski definition) is 0. The van der Waals surface area contributed by atoms with Gasteiger partial charge in [-0.25, -0.2) is 8.42 Å². The largest absolute Gasteiger partial charge is 0.494 e. The number of rotatable bonds is 4. The van der Waals surface area contributed by atoms with Crippen molar-refractivity contribution in [1.29, 1.82) is 0 Å². The Morgan fingerprint density at radius 2 is 1.77 bits per heavy atom. The summed E-state index contributed by atoms with van der Waals surface area (Å²) in [4.78, 5) is 0.356. The summed E-state index contributed by atoms with van der Waals surface area (Å²) in [6, 6.07) is 3.39. The van der Waals surface area contributed by atoms with E-state index in [1.54, 1.807) is 12.1 Å². The first-order valence-electron chi connectivity index (χ1n) is 7.66. The lowest BCUT2D eigenvalue weighted by Crippen LogP contribution is -2.48. The molecule has 2 rings (SSSR count). The lowest BCUT2D eigenvalue weighted by molar-refractivity contribution is -0.0440. The quantitative estimate of drug-likeness (QED) is 0.852. The van der Waals surface area contributed by atoms with Gasteiger partial charge in [0.15, 0.2) is 0 Å². The molecule has 0 saturated carbocycles. The van der Waals surface area contributed by atoms with Crippen molar-refractivity contribution in [3.63, 3.8) is 0 Å². The topological polar surface area (TPSA) is 55.8 Å². The van der Waals surface area contributed by atoms with E-state index in [0.29, 0.717) is 24.6 Å². The second kappa shape index (κ2) is 6.56. The molecule has 1 aliphatic heterocycles. The minimum Gasteiger partial charge on any atom is -0.494 e. The van der Waals surface area contributed by atoms with Crippen molar-refractivity contribution in [3.8, 4) is 5.75 Å². The fourth-order valence-electron chi connectivity index (χ4n) is 2.83. The maximum atomic E-state index is 13.0. The summed E-state index contributed by atoms with van der Waals surface area (Å²) < 4.78 is 38.6. The molecule has 1 aliphatic rings. The molecule has 22 heavy (non-hydrogen) atoms. The average Bonchev–Trinajstić information content (AvgIpc) is 2.43. The van der Waals surface area contributed by atoms with E-state index in [9.17, 15) is 8.42 Å². The normalized spacial score (nSPS) is 23.5. The Kier molecular flexibility index (Phi) is 5.14. The predicted molar refractivity (Wildman–Crippen MR) is 85.9 cm³/mol. The molecule has 0 N–H and O–H groups in total. The third-order valence-electron chi connectivity index (χ3n) is 3.99. The van der Waals surface area contributed by atoms with Crippen LogP contribution in [0.25, 0.3) is 0 Å². The van der Waals surface area contributed by atoms with Crippen LogP contribution in [-0.4, -0.2) is 44.6 Å². The van der Waals surface area contributed by atoms with E-state index in [4.69, 9.17) is 9.47 Å². The molecule has 2 atom stereocenters. The van der Waals surface area contributed by atoms with Crippen LogP contribution in [0.4, 0.5) is 0 Å². The van der Waals surface area contributed by atoms with Gasteiger partial charge in [0.25, 0.3) is 0 Å². The van der Waals surface area contributed by atoms with Gasteiger partial charge in [0.2, 0.25) is 10.0 Å². The van der Waals surface area contributed by atoms with Gasteiger partial charge in [-0.15, -0.1) is 0 Å². The van der Waals surface area contributed by atoms with Crippen molar-refractivity contribution in [2.75, 3.05) is 19.7 Å². The minimum atomic E-state index is -3.51. The van der Waals surface area contributed by atoms with Gasteiger partial charge in [-0.05, 0) is 57.9 Å². The third-order valence-corrected chi connectivity index (χ3v) is 5.97. The zero-order chi connectivity index (χ0) is 16.5. The third kappa shape index (κ3) is 3.29. The summed E-state index contributed by atoms with van der Waals surface area (Å²) in [6.07, 6.45) is -0.190. The molecule has 0 unspecified atom stereocenters. The highest BCUT2D eigenvalue weighted by molar-refractivity contribution is 7.89. The number of hydrogen-bond acceptors (Lipinski definition) is 4. The molecule has 0 bridgehead atoms. The van der Waals surface area contributed by atoms with E-state index in [0.717, 1.165) is 16.9 Å². The van der Waals surface area contributed by atoms with E-state index in [-0.39, 0.29) is 12.2 Å². The first-order chi connectivity index (χ1) is 10.3. The van der Waals surface area contributed by atoms with Crippen LogP contribution < -0.4 is 4.74 Å². The van der Waals surface area contributed by atoms with Crippen LogP contribution in [0.3, 0.4) is 0 Å². The van der Waals surface area contributed by atoms with Crippen LogP contribution in [0.15, 0.2) is 17.0 Å². The fraction of sp³-hybridized carbons (Fsp3) is 0.625. The maximum Gasteiger partial charge on any atom is 0.243 e. The number of benzene rings is 1. The Hall–Kier alpha value is -1.11. The molecule has 1 aromatic rings. The Morgan fingerprint density at radius 3 is 2.32 bits per heavy atom. The summed E-state index contributed by atoms with van der Waals surface area (Å²) >= 11 is 0. The number of nitrogens with zero attached hydrogens (tertiary/aromatic N) is 1. The molecule has 0 amide bonds. The summed E-state index contributed by atoms with van der Waals surface area (Å²) in [7, 11) is -3.51. The van der Waals surface area contributed by atoms with Crippen molar-refractivity contribution in [3.05, 3.63) is 23.3 Å². The van der Waals surface area contributed by atoms with Gasteiger partial charge in [0.05, 0.1) is 23.7 Å². The molecule has 124 valence electrons. The fourth-order valence-corrected chi connectivity index (χ4v) is 4.70. The second-order valence-corrected chi connectivity index (χ2v) is 7.73. The van der Waals surface area contributed by atoms with Gasteiger partial charge < -0.3 is 9.47 Å². The Labute approximate surface area is 133 Å². The Balaban J connectivity index is 2.39. The van der Waals surface area contributed by atoms with Gasteiger partial charge in [0, 0.05) is 13.1 Å². The first-order valence-corrected chi connectivity index (χ1v) is 9.10. The SMILES string of the molecule is CCOc1ccc(S(=O)(=O)N2C[C@@H](C)O[C@@H](C)C2)c(C)c1C. The van der Waals surface area contributed by atoms with E-state index in [1.807, 2.05) is 34.6 Å². The standard InChI is InChI=1S/C16H25NO4S/c1-6-20-15-7-8-16(14(5)13(15)4)22(18,19)17-9-11(2)21-12(3)10-17/h7-8,11-12H,6,9-10H2,1-5H3/t11-,12+. The zero-order valence-electron chi connectivity index (χ0n) is 13.9. The van der Waals surface area contributed by atoms with Crippen LogP contribution >= 0.6 is 0 Å². The number of morpholine rings is 1. The van der Waals surface area contributed by atoms with Gasteiger partial charge in [-0.1, -0.05) is 0 Å². The monoisotopic (exact) mass is 327 g/mol. The van der Waals surface area contributed by atoms with E-state index >= 15 is 0 Å². The molecule has 5 nitrogen and oxygen atoms in total. The van der Waals surface area contributed by atoms with Crippen molar-refractivity contribution >= 4 is 10.0 Å². The minimum absolute atomic E-state index is 0.0948. The zero-order valence-corrected chi connectivity index (χ0v) is 14.7. The molecular formula is C16H25NO4S. The van der Waals surface area contributed by atoms with Crippen molar-refractivity contribution < 1.29 is 17.9 Å². The Bertz CT molecular complexity index is 632. The van der Waals surface area contributed by atoms with Crippen LogP contribution in [0, 0.1) is 13.8 Å². The van der Waals surface area contributed by atoms with Crippen LogP contribution in [0.2, 0.25) is 0 Å². The number of ether oxygens (including phenoxy) is 2. The summed E-state index contributed by atoms with van der Waals surface area (Å²) in [5, 5.41) is 0. The smallest absolute Gasteiger partial charge is 0.243 e. The molecule has 0 aromatic heterocycles.